The predicted octanol–water partition coefficient (Wildman–Crippen LogP) is 2.82. The minimum absolute atomic E-state index is 0.00128. The maximum Gasteiger partial charge on any atom is 0.411 e. The van der Waals surface area contributed by atoms with Gasteiger partial charge in [0.05, 0.1) is 6.61 Å². The summed E-state index contributed by atoms with van der Waals surface area (Å²) in [5.41, 5.74) is -0.724. The highest BCUT2D eigenvalue weighted by molar-refractivity contribution is 14.1. The van der Waals surface area contributed by atoms with Crippen LogP contribution in [-0.2, 0) is 20.8 Å². The molecule has 1 saturated heterocycles. The second-order valence-electron chi connectivity index (χ2n) is 7.78. The third-order valence-electron chi connectivity index (χ3n) is 4.67. The Balaban J connectivity index is 1.80. The molecule has 25 heavy (non-hydrogen) atoms. The van der Waals surface area contributed by atoms with Gasteiger partial charge in [0.2, 0.25) is 0 Å². The van der Waals surface area contributed by atoms with Gasteiger partial charge in [0.1, 0.15) is 15.3 Å². The van der Waals surface area contributed by atoms with Gasteiger partial charge in [-0.05, 0) is 69.2 Å². The Morgan fingerprint density at radius 3 is 2.68 bits per heavy atom. The maximum atomic E-state index is 12.7. The molecule has 0 aromatic carbocycles. The zero-order valence-corrected chi connectivity index (χ0v) is 17.1. The van der Waals surface area contributed by atoms with E-state index in [1.807, 2.05) is 37.7 Å². The van der Waals surface area contributed by atoms with Crippen LogP contribution in [0.4, 0.5) is 4.79 Å². The van der Waals surface area contributed by atoms with Crippen molar-refractivity contribution in [1.82, 2.24) is 14.7 Å². The molecule has 7 nitrogen and oxygen atoms in total. The lowest BCUT2D eigenvalue weighted by molar-refractivity contribution is -0.149. The van der Waals surface area contributed by atoms with E-state index < -0.39 is 17.7 Å². The Morgan fingerprint density at radius 2 is 2.12 bits per heavy atom. The molecule has 1 aliphatic carbocycles. The summed E-state index contributed by atoms with van der Waals surface area (Å²) < 4.78 is 13.5. The van der Waals surface area contributed by atoms with Gasteiger partial charge in [0, 0.05) is 24.2 Å². The van der Waals surface area contributed by atoms with Crippen molar-refractivity contribution in [3.05, 3.63) is 16.0 Å². The molecule has 8 heteroatoms. The Bertz CT molecular complexity index is 684. The van der Waals surface area contributed by atoms with Gasteiger partial charge in [0.25, 0.3) is 0 Å². The van der Waals surface area contributed by atoms with E-state index in [0.29, 0.717) is 19.6 Å². The summed E-state index contributed by atoms with van der Waals surface area (Å²) in [6.07, 6.45) is 2.94. The molecule has 0 unspecified atom stereocenters. The first-order valence-electron chi connectivity index (χ1n) is 8.52. The average Bonchev–Trinajstić information content (AvgIpc) is 2.84. The van der Waals surface area contributed by atoms with Crippen LogP contribution in [0.25, 0.3) is 0 Å². The summed E-state index contributed by atoms with van der Waals surface area (Å²) in [5.74, 6) is -0.352. The van der Waals surface area contributed by atoms with E-state index in [2.05, 4.69) is 27.7 Å². The van der Waals surface area contributed by atoms with Gasteiger partial charge in [-0.3, -0.25) is 9.58 Å². The minimum Gasteiger partial charge on any atom is -0.464 e. The fourth-order valence-electron chi connectivity index (χ4n) is 3.63. The number of hydrogen-bond acceptors (Lipinski definition) is 5. The van der Waals surface area contributed by atoms with Gasteiger partial charge in [-0.25, -0.2) is 9.59 Å². The third kappa shape index (κ3) is 3.78. The molecule has 2 heterocycles. The Kier molecular flexibility index (Phi) is 4.76. The van der Waals surface area contributed by atoms with E-state index in [1.54, 1.807) is 11.8 Å². The van der Waals surface area contributed by atoms with Gasteiger partial charge in [-0.2, -0.15) is 5.10 Å². The number of nitrogens with zero attached hydrogens (tertiary/aromatic N) is 3. The first-order chi connectivity index (χ1) is 11.6. The van der Waals surface area contributed by atoms with E-state index >= 15 is 0 Å². The number of amides is 1. The van der Waals surface area contributed by atoms with Crippen molar-refractivity contribution in [1.29, 1.82) is 0 Å². The summed E-state index contributed by atoms with van der Waals surface area (Å²) in [5, 5.41) is 4.43. The number of rotatable bonds is 4. The first kappa shape index (κ1) is 18.5. The van der Waals surface area contributed by atoms with Crippen LogP contribution < -0.4 is 0 Å². The predicted molar refractivity (Wildman–Crippen MR) is 98.9 cm³/mol. The molecule has 1 aromatic rings. The van der Waals surface area contributed by atoms with E-state index in [9.17, 15) is 9.59 Å². The van der Waals surface area contributed by atoms with Crippen molar-refractivity contribution in [2.45, 2.75) is 64.8 Å². The monoisotopic (exact) mass is 461 g/mol. The molecule has 2 fully saturated rings. The molecule has 2 aliphatic rings. The minimum atomic E-state index is -0.603. The molecule has 0 bridgehead atoms. The molecule has 3 atom stereocenters. The largest absolute Gasteiger partial charge is 0.464 e. The zero-order chi connectivity index (χ0) is 18.4. The molecule has 0 radical (unpaired) electrons. The Labute approximate surface area is 161 Å². The van der Waals surface area contributed by atoms with Gasteiger partial charge < -0.3 is 9.47 Å². The molecule has 0 N–H and O–H groups in total. The number of halogens is 1. The van der Waals surface area contributed by atoms with Crippen LogP contribution in [0.3, 0.4) is 0 Å². The van der Waals surface area contributed by atoms with Crippen molar-refractivity contribution >= 4 is 34.7 Å². The molecular formula is C17H24IN3O4. The third-order valence-corrected chi connectivity index (χ3v) is 5.24. The molecule has 138 valence electrons. The Hall–Kier alpha value is -1.32. The summed E-state index contributed by atoms with van der Waals surface area (Å²) in [7, 11) is 0. The van der Waals surface area contributed by atoms with Crippen LogP contribution in [0.15, 0.2) is 12.3 Å². The lowest BCUT2D eigenvalue weighted by Gasteiger charge is -2.29. The fraction of sp³-hybridized carbons (Fsp3) is 0.706. The van der Waals surface area contributed by atoms with Crippen molar-refractivity contribution < 1.29 is 19.1 Å². The number of aromatic nitrogens is 2. The van der Waals surface area contributed by atoms with Gasteiger partial charge in [-0.1, -0.05) is 0 Å². The molecular weight excluding hydrogens is 437 g/mol. The number of piperidine rings is 1. The van der Waals surface area contributed by atoms with Crippen molar-refractivity contribution in [3.63, 3.8) is 0 Å². The van der Waals surface area contributed by atoms with Crippen LogP contribution in [-0.4, -0.2) is 51.0 Å². The SMILES string of the molecule is CCOC(=O)[C@@H]1C[C@@]2(Cn3ccc(I)n3)C[C@H]2N1C(=O)OC(C)(C)C. The second-order valence-corrected chi connectivity index (χ2v) is 8.88. The molecule has 1 saturated carbocycles. The maximum absolute atomic E-state index is 12.7. The highest BCUT2D eigenvalue weighted by atomic mass is 127. The standard InChI is InChI=1S/C17H24IN3O4/c1-5-24-14(22)11-8-17(10-20-7-6-13(18)19-20)9-12(17)21(11)15(23)25-16(2,3)4/h6-7,11-12H,5,8-10H2,1-4H3/t11-,12+,17-/m0/s1. The molecule has 1 amide bonds. The number of carbonyl (C=O) groups is 2. The smallest absolute Gasteiger partial charge is 0.411 e. The first-order valence-corrected chi connectivity index (χ1v) is 9.60. The van der Waals surface area contributed by atoms with E-state index in [-0.39, 0.29) is 17.4 Å². The fourth-order valence-corrected chi connectivity index (χ4v) is 4.06. The van der Waals surface area contributed by atoms with E-state index in [4.69, 9.17) is 9.47 Å². The quantitative estimate of drug-likeness (QED) is 0.510. The number of ether oxygens (including phenoxy) is 2. The second kappa shape index (κ2) is 6.44. The number of likely N-dealkylation sites (tertiary alicyclic amines) is 1. The summed E-state index contributed by atoms with van der Waals surface area (Å²) >= 11 is 2.17. The lowest BCUT2D eigenvalue weighted by atomic mass is 9.99. The number of esters is 1. The van der Waals surface area contributed by atoms with Gasteiger partial charge >= 0.3 is 12.1 Å². The zero-order valence-electron chi connectivity index (χ0n) is 15.0. The van der Waals surface area contributed by atoms with Crippen LogP contribution in [0.5, 0.6) is 0 Å². The highest BCUT2D eigenvalue weighted by Gasteiger charge is 2.68. The number of hydrogen-bond donors (Lipinski definition) is 0. The Morgan fingerprint density at radius 1 is 1.40 bits per heavy atom. The van der Waals surface area contributed by atoms with Crippen LogP contribution in [0, 0.1) is 9.12 Å². The lowest BCUT2D eigenvalue weighted by Crippen LogP contribution is -2.46. The molecule has 3 rings (SSSR count). The van der Waals surface area contributed by atoms with Crippen molar-refractivity contribution in [2.75, 3.05) is 6.61 Å². The summed E-state index contributed by atoms with van der Waals surface area (Å²) in [6.45, 7) is 8.24. The summed E-state index contributed by atoms with van der Waals surface area (Å²) in [6, 6.07) is 1.36. The molecule has 0 spiro atoms. The topological polar surface area (TPSA) is 73.7 Å². The normalized spacial score (nSPS) is 27.8. The summed E-state index contributed by atoms with van der Waals surface area (Å²) in [4.78, 5) is 26.7. The van der Waals surface area contributed by atoms with Gasteiger partial charge in [-0.15, -0.1) is 0 Å². The molecule has 1 aliphatic heterocycles. The molecule has 1 aromatic heterocycles. The number of fused-ring (bicyclic) bond motifs is 1. The van der Waals surface area contributed by atoms with Crippen molar-refractivity contribution in [3.8, 4) is 0 Å². The van der Waals surface area contributed by atoms with Crippen LogP contribution in [0.2, 0.25) is 0 Å². The van der Waals surface area contributed by atoms with E-state index in [0.717, 1.165) is 10.1 Å². The average molecular weight is 461 g/mol. The van der Waals surface area contributed by atoms with Gasteiger partial charge in [0.15, 0.2) is 0 Å². The number of carbonyl (C=O) groups excluding carboxylic acids is 2. The van der Waals surface area contributed by atoms with Crippen LogP contribution >= 0.6 is 22.6 Å². The van der Waals surface area contributed by atoms with Crippen LogP contribution in [0.1, 0.15) is 40.5 Å². The highest BCUT2D eigenvalue weighted by Crippen LogP contribution is 2.60. The van der Waals surface area contributed by atoms with Crippen molar-refractivity contribution in [2.24, 2.45) is 5.41 Å². The van der Waals surface area contributed by atoms with E-state index in [1.165, 1.54) is 0 Å².